The Morgan fingerprint density at radius 3 is 2.74 bits per heavy atom. The maximum Gasteiger partial charge on any atom is 0.189 e. The Balaban J connectivity index is 0.971. The molecule has 2 aromatic heterocycles. The molecule has 3 aromatic rings. The number of hydrogen-bond donors (Lipinski definition) is 1. The first-order valence-electron chi connectivity index (χ1n) is 15.6. The van der Waals surface area contributed by atoms with Gasteiger partial charge in [0.15, 0.2) is 15.0 Å². The predicted octanol–water partition coefficient (Wildman–Crippen LogP) is 4.20. The maximum absolute atomic E-state index is 13.4. The number of hydrogen-bond acceptors (Lipinski definition) is 9. The minimum absolute atomic E-state index is 0.0693. The standard InChI is InChI=1S/C31H43FN6O3S2/c1-23(25-6-8-26(32)9-7-25)38-22-33-18-27(38)20-35-12-2-4-24(10-13-35)5-3-17-43(40,41)30-19-34-31(42-30)37-16-15-36-14-11-29(39)28(36)21-37/h6-9,18-19,22-24,28-29,39H,2-5,10-17,20-21H2,1H3/t23-,24?,28-,29?/m1/s1. The first-order valence-corrected chi connectivity index (χ1v) is 18.1. The molecule has 3 saturated heterocycles. The molecule has 3 aliphatic heterocycles. The zero-order chi connectivity index (χ0) is 30.0. The van der Waals surface area contributed by atoms with Crippen molar-refractivity contribution in [1.82, 2.24) is 24.3 Å². The number of rotatable bonds is 10. The van der Waals surface area contributed by atoms with E-state index in [9.17, 15) is 17.9 Å². The molecule has 12 heteroatoms. The monoisotopic (exact) mass is 630 g/mol. The summed E-state index contributed by atoms with van der Waals surface area (Å²) in [6.45, 7) is 8.23. The molecule has 0 amide bonds. The topological polar surface area (TPSA) is 94.8 Å². The summed E-state index contributed by atoms with van der Waals surface area (Å²) < 4.78 is 42.3. The third kappa shape index (κ3) is 7.14. The van der Waals surface area contributed by atoms with E-state index in [0.717, 1.165) is 87.8 Å². The lowest BCUT2D eigenvalue weighted by molar-refractivity contribution is 0.108. The molecule has 43 heavy (non-hydrogen) atoms. The van der Waals surface area contributed by atoms with Crippen molar-refractivity contribution in [2.45, 2.75) is 74.4 Å². The second-order valence-corrected chi connectivity index (χ2v) is 15.8. The van der Waals surface area contributed by atoms with Crippen molar-refractivity contribution in [1.29, 1.82) is 0 Å². The van der Waals surface area contributed by atoms with Crippen LogP contribution in [0, 0.1) is 11.7 Å². The Labute approximate surface area is 258 Å². The molecule has 4 atom stereocenters. The molecule has 3 fully saturated rings. The average molecular weight is 631 g/mol. The Hall–Kier alpha value is -2.38. The van der Waals surface area contributed by atoms with Crippen molar-refractivity contribution < 1.29 is 17.9 Å². The number of piperazine rings is 1. The second-order valence-electron chi connectivity index (χ2n) is 12.4. The van der Waals surface area contributed by atoms with Gasteiger partial charge in [0.05, 0.1) is 42.2 Å². The van der Waals surface area contributed by atoms with Crippen LogP contribution in [-0.2, 0) is 16.4 Å². The summed E-state index contributed by atoms with van der Waals surface area (Å²) in [5.74, 6) is 0.450. The van der Waals surface area contributed by atoms with E-state index < -0.39 is 9.84 Å². The molecule has 1 aromatic carbocycles. The molecule has 0 bridgehead atoms. The fourth-order valence-corrected chi connectivity index (χ4v) is 9.59. The van der Waals surface area contributed by atoms with Gasteiger partial charge in [0.1, 0.15) is 10.0 Å². The highest BCUT2D eigenvalue weighted by atomic mass is 32.2. The highest BCUT2D eigenvalue weighted by molar-refractivity contribution is 7.93. The molecular weight excluding hydrogens is 588 g/mol. The number of nitrogens with zero attached hydrogens (tertiary/aromatic N) is 6. The Bertz CT molecular complexity index is 1460. The zero-order valence-electron chi connectivity index (χ0n) is 24.9. The van der Waals surface area contributed by atoms with Crippen LogP contribution in [0.1, 0.15) is 62.7 Å². The van der Waals surface area contributed by atoms with Crippen LogP contribution in [0.15, 0.2) is 47.2 Å². The molecule has 234 valence electrons. The quantitative estimate of drug-likeness (QED) is 0.356. The van der Waals surface area contributed by atoms with E-state index in [-0.39, 0.29) is 29.8 Å². The van der Waals surface area contributed by atoms with E-state index in [1.54, 1.807) is 0 Å². The summed E-state index contributed by atoms with van der Waals surface area (Å²) in [6.07, 6.45) is 10.7. The SMILES string of the molecule is C[C@H](c1ccc(F)cc1)n1cncc1CN1CCCC(CCCS(=O)(=O)c2cnc(N3CCN4CCC(O)[C@H]4C3)s2)CC1. The fraction of sp³-hybridized carbons (Fsp3) is 0.613. The zero-order valence-corrected chi connectivity index (χ0v) is 26.5. The van der Waals surface area contributed by atoms with Crippen LogP contribution >= 0.6 is 11.3 Å². The molecular formula is C31H43FN6O3S2. The third-order valence-electron chi connectivity index (χ3n) is 9.61. The Kier molecular flexibility index (Phi) is 9.49. The van der Waals surface area contributed by atoms with Gasteiger partial charge in [-0.1, -0.05) is 23.5 Å². The van der Waals surface area contributed by atoms with Crippen molar-refractivity contribution in [3.05, 3.63) is 60.1 Å². The molecule has 0 aliphatic carbocycles. The van der Waals surface area contributed by atoms with Crippen molar-refractivity contribution in [2.75, 3.05) is 49.9 Å². The first-order chi connectivity index (χ1) is 20.8. The van der Waals surface area contributed by atoms with Crippen LogP contribution < -0.4 is 4.90 Å². The van der Waals surface area contributed by atoms with Crippen molar-refractivity contribution in [2.24, 2.45) is 5.92 Å². The van der Waals surface area contributed by atoms with Crippen molar-refractivity contribution in [3.8, 4) is 0 Å². The summed E-state index contributed by atoms with van der Waals surface area (Å²) in [6, 6.07) is 6.85. The molecule has 3 aliphatic rings. The number of aromatic nitrogens is 3. The van der Waals surface area contributed by atoms with Crippen LogP contribution in [0.5, 0.6) is 0 Å². The molecule has 5 heterocycles. The van der Waals surface area contributed by atoms with Crippen LogP contribution in [-0.4, -0.2) is 95.0 Å². The highest BCUT2D eigenvalue weighted by Crippen LogP contribution is 2.32. The normalized spacial score (nSPS) is 24.6. The van der Waals surface area contributed by atoms with Gasteiger partial charge < -0.3 is 14.6 Å². The number of fused-ring (bicyclic) bond motifs is 1. The van der Waals surface area contributed by atoms with E-state index in [2.05, 4.69) is 36.2 Å². The highest BCUT2D eigenvalue weighted by Gasteiger charge is 2.38. The Morgan fingerprint density at radius 2 is 1.91 bits per heavy atom. The van der Waals surface area contributed by atoms with Crippen LogP contribution in [0.2, 0.25) is 0 Å². The molecule has 6 rings (SSSR count). The molecule has 0 radical (unpaired) electrons. The van der Waals surface area contributed by atoms with E-state index >= 15 is 0 Å². The number of thiazole rings is 1. The van der Waals surface area contributed by atoms with E-state index in [0.29, 0.717) is 23.1 Å². The molecule has 1 N–H and O–H groups in total. The lowest BCUT2D eigenvalue weighted by atomic mass is 9.96. The minimum atomic E-state index is -3.37. The van der Waals surface area contributed by atoms with Crippen molar-refractivity contribution >= 4 is 26.3 Å². The van der Waals surface area contributed by atoms with E-state index in [4.69, 9.17) is 0 Å². The van der Waals surface area contributed by atoms with Crippen LogP contribution in [0.25, 0.3) is 0 Å². The van der Waals surface area contributed by atoms with Crippen LogP contribution in [0.4, 0.5) is 9.52 Å². The molecule has 0 saturated carbocycles. The number of aliphatic hydroxyl groups is 1. The summed E-state index contributed by atoms with van der Waals surface area (Å²) in [5, 5.41) is 11.0. The van der Waals surface area contributed by atoms with Gasteiger partial charge in [-0.2, -0.15) is 0 Å². The number of aliphatic hydroxyl groups excluding tert-OH is 1. The second kappa shape index (κ2) is 13.3. The molecule has 0 spiro atoms. The number of anilines is 1. The lowest BCUT2D eigenvalue weighted by Crippen LogP contribution is -2.53. The maximum atomic E-state index is 13.4. The Morgan fingerprint density at radius 1 is 1.07 bits per heavy atom. The largest absolute Gasteiger partial charge is 0.391 e. The minimum Gasteiger partial charge on any atom is -0.391 e. The smallest absolute Gasteiger partial charge is 0.189 e. The third-order valence-corrected chi connectivity index (χ3v) is 13.0. The summed E-state index contributed by atoms with van der Waals surface area (Å²) >= 11 is 1.27. The lowest BCUT2D eigenvalue weighted by Gasteiger charge is -2.38. The van der Waals surface area contributed by atoms with Gasteiger partial charge in [0, 0.05) is 38.9 Å². The number of likely N-dealkylation sites (tertiary alicyclic amines) is 1. The first kappa shape index (κ1) is 30.6. The average Bonchev–Trinajstić information content (AvgIpc) is 3.73. The molecule has 9 nitrogen and oxygen atoms in total. The van der Waals surface area contributed by atoms with Crippen LogP contribution in [0.3, 0.4) is 0 Å². The van der Waals surface area contributed by atoms with Gasteiger partial charge in [0.25, 0.3) is 0 Å². The van der Waals surface area contributed by atoms with Gasteiger partial charge in [-0.15, -0.1) is 0 Å². The summed E-state index contributed by atoms with van der Waals surface area (Å²) in [5.41, 5.74) is 2.19. The number of sulfone groups is 1. The van der Waals surface area contributed by atoms with Gasteiger partial charge in [-0.25, -0.2) is 22.8 Å². The fourth-order valence-electron chi connectivity index (χ4n) is 6.96. The number of imidazole rings is 1. The summed E-state index contributed by atoms with van der Waals surface area (Å²) in [4.78, 5) is 15.8. The van der Waals surface area contributed by atoms with Gasteiger partial charge in [-0.05, 0) is 82.2 Å². The van der Waals surface area contributed by atoms with Crippen molar-refractivity contribution in [3.63, 3.8) is 0 Å². The van der Waals surface area contributed by atoms with E-state index in [1.807, 2.05) is 24.7 Å². The van der Waals surface area contributed by atoms with Gasteiger partial charge >= 0.3 is 0 Å². The van der Waals surface area contributed by atoms with E-state index in [1.165, 1.54) is 29.7 Å². The number of benzene rings is 1. The predicted molar refractivity (Wildman–Crippen MR) is 167 cm³/mol. The van der Waals surface area contributed by atoms with Gasteiger partial charge in [-0.3, -0.25) is 9.80 Å². The molecule has 2 unspecified atom stereocenters. The number of halogens is 1. The van der Waals surface area contributed by atoms with Gasteiger partial charge in [0.2, 0.25) is 0 Å². The summed E-state index contributed by atoms with van der Waals surface area (Å²) in [7, 11) is -3.37.